The minimum Gasteiger partial charge on any atom is -0.497 e. The Morgan fingerprint density at radius 3 is 2.72 bits per heavy atom. The van der Waals surface area contributed by atoms with Crippen molar-refractivity contribution in [3.8, 4) is 5.75 Å². The molecule has 25 heavy (non-hydrogen) atoms. The van der Waals surface area contributed by atoms with E-state index in [0.29, 0.717) is 6.54 Å². The van der Waals surface area contributed by atoms with Crippen LogP contribution in [-0.2, 0) is 17.8 Å². The van der Waals surface area contributed by atoms with Gasteiger partial charge in [-0.2, -0.15) is 0 Å². The Morgan fingerprint density at radius 2 is 1.96 bits per heavy atom. The zero-order valence-electron chi connectivity index (χ0n) is 15.0. The second-order valence-corrected chi connectivity index (χ2v) is 6.87. The summed E-state index contributed by atoms with van der Waals surface area (Å²) in [6.45, 7) is 1.30. The standard InChI is InChI=1S/C21H26N2O2/c1-23(14-16-10-12-18(25-2)13-11-16)15-21(24)22-20-9-5-7-17-6-3-4-8-19(17)20/h3-4,6,8,10-13,20H,5,7,9,14-15H2,1-2H3,(H,22,24)/p+1/t20-/m1/s1. The van der Waals surface area contributed by atoms with Gasteiger partial charge in [-0.05, 0) is 54.7 Å². The number of carbonyl (C=O) groups is 1. The van der Waals surface area contributed by atoms with Crippen LogP contribution in [0.25, 0.3) is 0 Å². The quantitative estimate of drug-likeness (QED) is 0.844. The minimum atomic E-state index is 0.118. The monoisotopic (exact) mass is 339 g/mol. The van der Waals surface area contributed by atoms with Gasteiger partial charge in [0.2, 0.25) is 0 Å². The van der Waals surface area contributed by atoms with Gasteiger partial charge in [0.05, 0.1) is 20.2 Å². The van der Waals surface area contributed by atoms with Crippen LogP contribution in [0.15, 0.2) is 48.5 Å². The smallest absolute Gasteiger partial charge is 0.275 e. The topological polar surface area (TPSA) is 42.8 Å². The van der Waals surface area contributed by atoms with Gasteiger partial charge >= 0.3 is 0 Å². The molecule has 0 heterocycles. The van der Waals surface area contributed by atoms with Crippen LogP contribution in [0.3, 0.4) is 0 Å². The lowest BCUT2D eigenvalue weighted by Gasteiger charge is -2.26. The molecule has 1 aliphatic carbocycles. The van der Waals surface area contributed by atoms with Crippen molar-refractivity contribution < 1.29 is 14.4 Å². The molecule has 2 atom stereocenters. The van der Waals surface area contributed by atoms with Crippen LogP contribution in [0.5, 0.6) is 5.75 Å². The molecule has 3 rings (SSSR count). The number of hydrogen-bond donors (Lipinski definition) is 2. The maximum atomic E-state index is 12.5. The average molecular weight is 339 g/mol. The number of amides is 1. The highest BCUT2D eigenvalue weighted by Crippen LogP contribution is 2.29. The summed E-state index contributed by atoms with van der Waals surface area (Å²) in [5, 5.41) is 3.23. The molecule has 1 amide bonds. The van der Waals surface area contributed by atoms with Crippen molar-refractivity contribution in [3.05, 3.63) is 65.2 Å². The van der Waals surface area contributed by atoms with Crippen LogP contribution in [0.4, 0.5) is 0 Å². The average Bonchev–Trinajstić information content (AvgIpc) is 2.62. The highest BCUT2D eigenvalue weighted by molar-refractivity contribution is 5.77. The summed E-state index contributed by atoms with van der Waals surface area (Å²) >= 11 is 0. The maximum Gasteiger partial charge on any atom is 0.275 e. The van der Waals surface area contributed by atoms with Gasteiger partial charge in [0.25, 0.3) is 5.91 Å². The number of nitrogens with one attached hydrogen (secondary N) is 2. The van der Waals surface area contributed by atoms with E-state index in [4.69, 9.17) is 4.74 Å². The highest BCUT2D eigenvalue weighted by Gasteiger charge is 2.22. The Hall–Kier alpha value is -2.33. The van der Waals surface area contributed by atoms with Crippen molar-refractivity contribution >= 4 is 5.91 Å². The Balaban J connectivity index is 1.54. The Kier molecular flexibility index (Phi) is 5.71. The lowest BCUT2D eigenvalue weighted by molar-refractivity contribution is -0.885. The van der Waals surface area contributed by atoms with Crippen LogP contribution in [0.1, 0.15) is 35.6 Å². The number of benzene rings is 2. The molecule has 0 aliphatic heterocycles. The van der Waals surface area contributed by atoms with Gasteiger partial charge in [0.1, 0.15) is 12.3 Å². The second kappa shape index (κ2) is 8.17. The second-order valence-electron chi connectivity index (χ2n) is 6.87. The summed E-state index contributed by atoms with van der Waals surface area (Å²) < 4.78 is 5.18. The van der Waals surface area contributed by atoms with E-state index in [9.17, 15) is 4.79 Å². The summed E-state index contributed by atoms with van der Waals surface area (Å²) in [4.78, 5) is 13.6. The number of aryl methyl sites for hydroxylation is 1. The van der Waals surface area contributed by atoms with E-state index in [2.05, 4.69) is 48.8 Å². The molecule has 0 spiro atoms. The molecule has 2 N–H and O–H groups in total. The third kappa shape index (κ3) is 4.60. The van der Waals surface area contributed by atoms with Gasteiger partial charge in [-0.15, -0.1) is 0 Å². The summed E-state index contributed by atoms with van der Waals surface area (Å²) in [7, 11) is 3.72. The van der Waals surface area contributed by atoms with Crippen molar-refractivity contribution in [2.24, 2.45) is 0 Å². The number of carbonyl (C=O) groups excluding carboxylic acids is 1. The first-order valence-electron chi connectivity index (χ1n) is 8.97. The zero-order valence-corrected chi connectivity index (χ0v) is 15.0. The molecule has 0 radical (unpaired) electrons. The Morgan fingerprint density at radius 1 is 1.20 bits per heavy atom. The van der Waals surface area contributed by atoms with Crippen molar-refractivity contribution in [1.29, 1.82) is 0 Å². The predicted molar refractivity (Wildman–Crippen MR) is 98.7 cm³/mol. The number of fused-ring (bicyclic) bond motifs is 1. The predicted octanol–water partition coefficient (Wildman–Crippen LogP) is 1.90. The van der Waals surface area contributed by atoms with E-state index in [-0.39, 0.29) is 11.9 Å². The summed E-state index contributed by atoms with van der Waals surface area (Å²) in [5.74, 6) is 0.975. The number of methoxy groups -OCH3 is 1. The van der Waals surface area contributed by atoms with E-state index in [1.54, 1.807) is 7.11 Å². The van der Waals surface area contributed by atoms with Crippen LogP contribution in [0.2, 0.25) is 0 Å². The van der Waals surface area contributed by atoms with E-state index in [1.807, 2.05) is 12.1 Å². The van der Waals surface area contributed by atoms with E-state index in [1.165, 1.54) is 21.6 Å². The Bertz CT molecular complexity index is 712. The molecule has 0 bridgehead atoms. The molecule has 0 saturated heterocycles. The van der Waals surface area contributed by atoms with Gasteiger partial charge in [-0.25, -0.2) is 0 Å². The summed E-state index contributed by atoms with van der Waals surface area (Å²) in [6.07, 6.45) is 3.28. The fraction of sp³-hybridized carbons (Fsp3) is 0.381. The van der Waals surface area contributed by atoms with Crippen molar-refractivity contribution in [2.75, 3.05) is 20.7 Å². The molecule has 0 saturated carbocycles. The van der Waals surface area contributed by atoms with E-state index in [0.717, 1.165) is 31.6 Å². The first-order chi connectivity index (χ1) is 12.2. The fourth-order valence-corrected chi connectivity index (χ4v) is 3.58. The SMILES string of the molecule is COc1ccc(C[NH+](C)CC(=O)N[C@@H]2CCCc3ccccc32)cc1. The van der Waals surface area contributed by atoms with E-state index < -0.39 is 0 Å². The van der Waals surface area contributed by atoms with Crippen LogP contribution in [0, 0.1) is 0 Å². The van der Waals surface area contributed by atoms with Gasteiger partial charge < -0.3 is 15.0 Å². The number of hydrogen-bond acceptors (Lipinski definition) is 2. The lowest BCUT2D eigenvalue weighted by Crippen LogP contribution is -3.08. The molecule has 4 nitrogen and oxygen atoms in total. The van der Waals surface area contributed by atoms with Crippen LogP contribution in [-0.4, -0.2) is 26.6 Å². The number of likely N-dealkylation sites (N-methyl/N-ethyl adjacent to an activating group) is 1. The van der Waals surface area contributed by atoms with Gasteiger partial charge in [0.15, 0.2) is 6.54 Å². The zero-order chi connectivity index (χ0) is 17.6. The van der Waals surface area contributed by atoms with Gasteiger partial charge in [-0.3, -0.25) is 4.79 Å². The van der Waals surface area contributed by atoms with Crippen LogP contribution >= 0.6 is 0 Å². The Labute approximate surface area is 149 Å². The molecule has 0 aromatic heterocycles. The molecule has 4 heteroatoms. The van der Waals surface area contributed by atoms with Gasteiger partial charge in [-0.1, -0.05) is 24.3 Å². The van der Waals surface area contributed by atoms with Crippen molar-refractivity contribution in [1.82, 2.24) is 5.32 Å². The summed E-state index contributed by atoms with van der Waals surface area (Å²) in [5.41, 5.74) is 3.86. The molecule has 1 unspecified atom stereocenters. The highest BCUT2D eigenvalue weighted by atomic mass is 16.5. The molecule has 2 aromatic rings. The number of ether oxygens (including phenoxy) is 1. The fourth-order valence-electron chi connectivity index (χ4n) is 3.58. The van der Waals surface area contributed by atoms with E-state index >= 15 is 0 Å². The molecule has 2 aromatic carbocycles. The first-order valence-corrected chi connectivity index (χ1v) is 8.97. The molecule has 132 valence electrons. The van der Waals surface area contributed by atoms with Crippen molar-refractivity contribution in [3.63, 3.8) is 0 Å². The maximum absolute atomic E-state index is 12.5. The van der Waals surface area contributed by atoms with Gasteiger partial charge in [0, 0.05) is 5.56 Å². The minimum absolute atomic E-state index is 0.118. The molecular weight excluding hydrogens is 312 g/mol. The summed E-state index contributed by atoms with van der Waals surface area (Å²) in [6, 6.07) is 16.6. The third-order valence-corrected chi connectivity index (χ3v) is 4.83. The molecule has 1 aliphatic rings. The van der Waals surface area contributed by atoms with Crippen LogP contribution < -0.4 is 15.0 Å². The first kappa shape index (κ1) is 17.5. The molecular formula is C21H27N2O2+. The third-order valence-electron chi connectivity index (χ3n) is 4.83. The number of rotatable bonds is 6. The molecule has 0 fully saturated rings. The van der Waals surface area contributed by atoms with Crippen molar-refractivity contribution in [2.45, 2.75) is 31.8 Å². The normalized spacial score (nSPS) is 17.4. The number of quaternary nitrogens is 1. The largest absolute Gasteiger partial charge is 0.497 e. The lowest BCUT2D eigenvalue weighted by atomic mass is 9.88.